The summed E-state index contributed by atoms with van der Waals surface area (Å²) in [6.45, 7) is 5.61. The van der Waals surface area contributed by atoms with Gasteiger partial charge in [0.15, 0.2) is 0 Å². The van der Waals surface area contributed by atoms with Crippen molar-refractivity contribution in [3.63, 3.8) is 0 Å². The fraction of sp³-hybridized carbons (Fsp3) is 0.0769. The zero-order valence-electron chi connectivity index (χ0n) is 8.60. The van der Waals surface area contributed by atoms with Crippen LogP contribution in [-0.4, -0.2) is 4.98 Å². The molecule has 2 nitrogen and oxygen atoms in total. The lowest BCUT2D eigenvalue weighted by Gasteiger charge is -1.89. The van der Waals surface area contributed by atoms with Crippen molar-refractivity contribution in [3.05, 3.63) is 60.2 Å². The summed E-state index contributed by atoms with van der Waals surface area (Å²) in [6.07, 6.45) is 3.81. The smallest absolute Gasteiger partial charge is 0.219 e. The molecule has 1 heterocycles. The predicted molar refractivity (Wildman–Crippen MR) is 61.1 cm³/mol. The molecule has 0 spiro atoms. The van der Waals surface area contributed by atoms with E-state index in [1.165, 1.54) is 0 Å². The van der Waals surface area contributed by atoms with Gasteiger partial charge in [0, 0.05) is 6.08 Å². The predicted octanol–water partition coefficient (Wildman–Crippen LogP) is 3.34. The Labute approximate surface area is 89.3 Å². The molecule has 0 saturated heterocycles. The third-order valence-corrected chi connectivity index (χ3v) is 2.13. The van der Waals surface area contributed by atoms with Crippen LogP contribution in [0.2, 0.25) is 0 Å². The molecule has 15 heavy (non-hydrogen) atoms. The van der Waals surface area contributed by atoms with Crippen LogP contribution in [0.5, 0.6) is 0 Å². The van der Waals surface area contributed by atoms with E-state index in [1.54, 1.807) is 0 Å². The van der Waals surface area contributed by atoms with Gasteiger partial charge in [0.2, 0.25) is 5.89 Å². The first kappa shape index (κ1) is 9.71. The maximum absolute atomic E-state index is 5.38. The summed E-state index contributed by atoms with van der Waals surface area (Å²) >= 11 is 0. The van der Waals surface area contributed by atoms with Gasteiger partial charge in [-0.05, 0) is 25.5 Å². The Morgan fingerprint density at radius 3 is 2.53 bits per heavy atom. The molecule has 0 unspecified atom stereocenters. The molecule has 0 aliphatic heterocycles. The average molecular weight is 198 g/mol. The maximum atomic E-state index is 5.38. The minimum atomic E-state index is 0.598. The Morgan fingerprint density at radius 2 is 1.93 bits per heavy atom. The van der Waals surface area contributed by atoms with E-state index in [9.17, 15) is 0 Å². The molecule has 0 saturated carbocycles. The SMILES string of the molecule is [CH2]c1nc(C=Cc2ccccc2)oc1C. The number of oxazole rings is 1. The highest BCUT2D eigenvalue weighted by molar-refractivity contribution is 5.65. The number of aryl methyl sites for hydroxylation is 1. The van der Waals surface area contributed by atoms with Crippen LogP contribution in [0.4, 0.5) is 0 Å². The Morgan fingerprint density at radius 1 is 1.20 bits per heavy atom. The van der Waals surface area contributed by atoms with Crippen molar-refractivity contribution in [2.24, 2.45) is 0 Å². The van der Waals surface area contributed by atoms with Gasteiger partial charge >= 0.3 is 0 Å². The van der Waals surface area contributed by atoms with Crippen molar-refractivity contribution >= 4 is 12.2 Å². The molecule has 75 valence electrons. The van der Waals surface area contributed by atoms with Gasteiger partial charge in [-0.3, -0.25) is 0 Å². The fourth-order valence-electron chi connectivity index (χ4n) is 1.25. The molecule has 0 aliphatic rings. The lowest BCUT2D eigenvalue weighted by Crippen LogP contribution is -1.73. The van der Waals surface area contributed by atoms with Crippen LogP contribution < -0.4 is 0 Å². The standard InChI is InChI=1S/C13H12NO/c1-10-11(2)15-13(14-10)9-8-12-6-4-3-5-7-12/h3-9H,1H2,2H3. The zero-order valence-corrected chi connectivity index (χ0v) is 8.60. The lowest BCUT2D eigenvalue weighted by molar-refractivity contribution is 0.516. The van der Waals surface area contributed by atoms with Crippen molar-refractivity contribution < 1.29 is 4.42 Å². The average Bonchev–Trinajstić information content (AvgIpc) is 2.57. The van der Waals surface area contributed by atoms with Crippen molar-refractivity contribution in [2.75, 3.05) is 0 Å². The molecule has 2 aromatic rings. The van der Waals surface area contributed by atoms with E-state index in [-0.39, 0.29) is 0 Å². The monoisotopic (exact) mass is 198 g/mol. The molecule has 0 bridgehead atoms. The van der Waals surface area contributed by atoms with Gasteiger partial charge in [-0.2, -0.15) is 0 Å². The minimum Gasteiger partial charge on any atom is -0.442 e. The lowest BCUT2D eigenvalue weighted by atomic mass is 10.2. The largest absolute Gasteiger partial charge is 0.442 e. The molecule has 0 amide bonds. The summed E-state index contributed by atoms with van der Waals surface area (Å²) in [5, 5.41) is 0. The summed E-state index contributed by atoms with van der Waals surface area (Å²) in [5.41, 5.74) is 1.82. The molecule has 2 rings (SSSR count). The maximum Gasteiger partial charge on any atom is 0.219 e. The Kier molecular flexibility index (Phi) is 2.68. The first-order chi connectivity index (χ1) is 7.25. The highest BCUT2D eigenvalue weighted by Gasteiger charge is 2.00. The van der Waals surface area contributed by atoms with E-state index in [0.29, 0.717) is 11.6 Å². The second-order valence-corrected chi connectivity index (χ2v) is 3.30. The van der Waals surface area contributed by atoms with Crippen LogP contribution >= 0.6 is 0 Å². The molecule has 0 N–H and O–H groups in total. The van der Waals surface area contributed by atoms with Crippen molar-refractivity contribution in [1.29, 1.82) is 0 Å². The van der Waals surface area contributed by atoms with Gasteiger partial charge in [-0.25, -0.2) is 4.98 Å². The number of hydrogen-bond acceptors (Lipinski definition) is 2. The van der Waals surface area contributed by atoms with Gasteiger partial charge in [0.1, 0.15) is 5.76 Å². The van der Waals surface area contributed by atoms with E-state index >= 15 is 0 Å². The van der Waals surface area contributed by atoms with E-state index in [1.807, 2.05) is 49.4 Å². The minimum absolute atomic E-state index is 0.598. The van der Waals surface area contributed by atoms with E-state index in [4.69, 9.17) is 4.42 Å². The van der Waals surface area contributed by atoms with Gasteiger partial charge < -0.3 is 4.42 Å². The molecule has 0 atom stereocenters. The fourth-order valence-corrected chi connectivity index (χ4v) is 1.25. The van der Waals surface area contributed by atoms with Crippen LogP contribution in [0.15, 0.2) is 34.7 Å². The Hall–Kier alpha value is -1.83. The zero-order chi connectivity index (χ0) is 10.7. The van der Waals surface area contributed by atoms with Crippen LogP contribution in [0.1, 0.15) is 22.9 Å². The first-order valence-corrected chi connectivity index (χ1v) is 4.78. The van der Waals surface area contributed by atoms with Crippen molar-refractivity contribution in [1.82, 2.24) is 4.98 Å². The molecular formula is C13H12NO. The number of nitrogens with zero attached hydrogens (tertiary/aromatic N) is 1. The molecule has 0 fully saturated rings. The number of hydrogen-bond donors (Lipinski definition) is 0. The molecule has 1 aromatic carbocycles. The van der Waals surface area contributed by atoms with E-state index < -0.39 is 0 Å². The second-order valence-electron chi connectivity index (χ2n) is 3.30. The molecular weight excluding hydrogens is 186 g/mol. The molecule has 2 heteroatoms. The summed E-state index contributed by atoms with van der Waals surface area (Å²) in [7, 11) is 0. The summed E-state index contributed by atoms with van der Waals surface area (Å²) in [4.78, 5) is 4.16. The third kappa shape index (κ3) is 2.34. The van der Waals surface area contributed by atoms with Crippen LogP contribution in [0, 0.1) is 13.8 Å². The van der Waals surface area contributed by atoms with Crippen LogP contribution in [0.25, 0.3) is 12.2 Å². The van der Waals surface area contributed by atoms with Gasteiger partial charge in [-0.1, -0.05) is 30.3 Å². The molecule has 0 aliphatic carbocycles. The van der Waals surface area contributed by atoms with Crippen molar-refractivity contribution in [2.45, 2.75) is 6.92 Å². The van der Waals surface area contributed by atoms with Gasteiger partial charge in [0.25, 0.3) is 0 Å². The van der Waals surface area contributed by atoms with Crippen LogP contribution in [-0.2, 0) is 0 Å². The summed E-state index contributed by atoms with van der Waals surface area (Å²) < 4.78 is 5.38. The Bertz CT molecular complexity index is 449. The summed E-state index contributed by atoms with van der Waals surface area (Å²) in [6, 6.07) is 10.0. The quantitative estimate of drug-likeness (QED) is 0.739. The highest BCUT2D eigenvalue weighted by atomic mass is 16.4. The normalized spacial score (nSPS) is 11.1. The topological polar surface area (TPSA) is 26.0 Å². The Balaban J connectivity index is 2.19. The molecule has 1 aromatic heterocycles. The third-order valence-electron chi connectivity index (χ3n) is 2.13. The summed E-state index contributed by atoms with van der Waals surface area (Å²) in [5.74, 6) is 1.36. The number of aromatic nitrogens is 1. The first-order valence-electron chi connectivity index (χ1n) is 4.78. The van der Waals surface area contributed by atoms with E-state index in [2.05, 4.69) is 11.9 Å². The van der Waals surface area contributed by atoms with Gasteiger partial charge in [-0.15, -0.1) is 0 Å². The van der Waals surface area contributed by atoms with Gasteiger partial charge in [0.05, 0.1) is 5.69 Å². The number of benzene rings is 1. The number of rotatable bonds is 2. The molecule has 1 radical (unpaired) electrons. The van der Waals surface area contributed by atoms with E-state index in [0.717, 1.165) is 11.3 Å². The van der Waals surface area contributed by atoms with Crippen LogP contribution in [0.3, 0.4) is 0 Å². The highest BCUT2D eigenvalue weighted by Crippen LogP contribution is 2.11. The van der Waals surface area contributed by atoms with Crippen molar-refractivity contribution in [3.8, 4) is 0 Å². The second kappa shape index (κ2) is 4.13.